The van der Waals surface area contributed by atoms with Crippen LogP contribution in [0.25, 0.3) is 11.0 Å². The van der Waals surface area contributed by atoms with Crippen LogP contribution in [0.1, 0.15) is 16.1 Å². The number of nitrogens with zero attached hydrogens (tertiary/aromatic N) is 5. The summed E-state index contributed by atoms with van der Waals surface area (Å²) in [5.74, 6) is 0.504. The molecule has 4 rings (SSSR count). The fourth-order valence-electron chi connectivity index (χ4n) is 3.48. The number of amides is 1. The third-order valence-electron chi connectivity index (χ3n) is 4.92. The lowest BCUT2D eigenvalue weighted by Gasteiger charge is -2.35. The Bertz CT molecular complexity index is 1060. The largest absolute Gasteiger partial charge is 0.352 e. The predicted molar refractivity (Wildman–Crippen MR) is 105 cm³/mol. The Hall–Kier alpha value is -3.55. The van der Waals surface area contributed by atoms with Crippen molar-refractivity contribution < 1.29 is 9.72 Å². The summed E-state index contributed by atoms with van der Waals surface area (Å²) in [4.78, 5) is 36.6. The molecule has 8 nitrogen and oxygen atoms in total. The summed E-state index contributed by atoms with van der Waals surface area (Å²) in [7, 11) is 0. The van der Waals surface area contributed by atoms with Gasteiger partial charge in [-0.15, -0.1) is 0 Å². The zero-order valence-corrected chi connectivity index (χ0v) is 15.4. The van der Waals surface area contributed by atoms with Gasteiger partial charge in [-0.2, -0.15) is 0 Å². The minimum atomic E-state index is -0.516. The van der Waals surface area contributed by atoms with Crippen LogP contribution in [0.5, 0.6) is 0 Å². The molecule has 0 spiro atoms. The van der Waals surface area contributed by atoms with E-state index in [0.29, 0.717) is 26.2 Å². The van der Waals surface area contributed by atoms with Crippen LogP contribution in [0.2, 0.25) is 0 Å². The van der Waals surface area contributed by atoms with Gasteiger partial charge < -0.3 is 9.80 Å². The molecule has 0 unspecified atom stereocenters. The van der Waals surface area contributed by atoms with E-state index in [-0.39, 0.29) is 17.2 Å². The highest BCUT2D eigenvalue weighted by atomic mass is 16.6. The van der Waals surface area contributed by atoms with Gasteiger partial charge in [-0.1, -0.05) is 24.3 Å². The maximum absolute atomic E-state index is 12.8. The molecule has 1 aliphatic heterocycles. The minimum absolute atomic E-state index is 0.127. The lowest BCUT2D eigenvalue weighted by Crippen LogP contribution is -2.49. The molecule has 3 aromatic rings. The number of fused-ring (bicyclic) bond motifs is 1. The second kappa shape index (κ2) is 7.22. The number of nitro groups is 1. The first-order chi connectivity index (χ1) is 13.5. The number of nitro benzene ring substituents is 1. The number of hydrogen-bond donors (Lipinski definition) is 0. The Morgan fingerprint density at radius 3 is 2.25 bits per heavy atom. The maximum atomic E-state index is 12.8. The van der Waals surface area contributed by atoms with E-state index in [2.05, 4.69) is 9.88 Å². The topological polar surface area (TPSA) is 92.5 Å². The molecule has 0 radical (unpaired) electrons. The number of piperazine rings is 1. The third-order valence-corrected chi connectivity index (χ3v) is 4.92. The van der Waals surface area contributed by atoms with E-state index in [1.165, 1.54) is 12.1 Å². The molecule has 1 aliphatic rings. The summed E-state index contributed by atoms with van der Waals surface area (Å²) < 4.78 is 0. The number of rotatable bonds is 3. The van der Waals surface area contributed by atoms with Crippen LogP contribution in [-0.2, 0) is 0 Å². The molecule has 2 heterocycles. The van der Waals surface area contributed by atoms with Gasteiger partial charge in [-0.25, -0.2) is 9.97 Å². The van der Waals surface area contributed by atoms with E-state index in [1.807, 2.05) is 31.2 Å². The van der Waals surface area contributed by atoms with Gasteiger partial charge in [0.25, 0.3) is 11.6 Å². The second-order valence-corrected chi connectivity index (χ2v) is 6.67. The molecule has 2 aromatic carbocycles. The monoisotopic (exact) mass is 377 g/mol. The summed E-state index contributed by atoms with van der Waals surface area (Å²) in [6, 6.07) is 13.8. The zero-order chi connectivity index (χ0) is 19.7. The molecule has 0 atom stereocenters. The normalized spacial score (nSPS) is 14.3. The molecule has 1 saturated heterocycles. The first kappa shape index (κ1) is 17.8. The molecular formula is C20H19N5O3. The van der Waals surface area contributed by atoms with Gasteiger partial charge in [0.2, 0.25) is 0 Å². The number of aryl methyl sites for hydroxylation is 1. The molecule has 0 aliphatic carbocycles. The lowest BCUT2D eigenvalue weighted by atomic mass is 10.1. The summed E-state index contributed by atoms with van der Waals surface area (Å²) >= 11 is 0. The van der Waals surface area contributed by atoms with Crippen LogP contribution in [0, 0.1) is 17.0 Å². The molecule has 0 N–H and O–H groups in total. The number of para-hydroxylation sites is 3. The van der Waals surface area contributed by atoms with Gasteiger partial charge in [0, 0.05) is 32.2 Å². The lowest BCUT2D eigenvalue weighted by molar-refractivity contribution is -0.385. The highest BCUT2D eigenvalue weighted by Crippen LogP contribution is 2.23. The SMILES string of the molecule is Cc1nc2ccccc2nc1N1CCN(C(=O)c2ccccc2[N+](=O)[O-])CC1. The van der Waals surface area contributed by atoms with Gasteiger partial charge in [-0.3, -0.25) is 14.9 Å². The molecule has 1 fully saturated rings. The fraction of sp³-hybridized carbons (Fsp3) is 0.250. The number of hydrogen-bond acceptors (Lipinski definition) is 6. The molecular weight excluding hydrogens is 358 g/mol. The van der Waals surface area contributed by atoms with Crippen molar-refractivity contribution in [2.24, 2.45) is 0 Å². The minimum Gasteiger partial charge on any atom is -0.352 e. The first-order valence-electron chi connectivity index (χ1n) is 9.05. The summed E-state index contributed by atoms with van der Waals surface area (Å²) in [6.07, 6.45) is 0. The molecule has 28 heavy (non-hydrogen) atoms. The Balaban J connectivity index is 1.52. The van der Waals surface area contributed by atoms with Crippen LogP contribution in [0.15, 0.2) is 48.5 Å². The molecule has 1 amide bonds. The van der Waals surface area contributed by atoms with E-state index in [1.54, 1.807) is 17.0 Å². The van der Waals surface area contributed by atoms with Crippen molar-refractivity contribution in [2.75, 3.05) is 31.1 Å². The van der Waals surface area contributed by atoms with Crippen molar-refractivity contribution in [2.45, 2.75) is 6.92 Å². The molecule has 142 valence electrons. The Morgan fingerprint density at radius 2 is 1.57 bits per heavy atom. The van der Waals surface area contributed by atoms with E-state index in [4.69, 9.17) is 4.98 Å². The molecule has 0 saturated carbocycles. The smallest absolute Gasteiger partial charge is 0.282 e. The van der Waals surface area contributed by atoms with Gasteiger partial charge >= 0.3 is 0 Å². The zero-order valence-electron chi connectivity index (χ0n) is 15.4. The number of anilines is 1. The van der Waals surface area contributed by atoms with Crippen LogP contribution in [0.3, 0.4) is 0 Å². The standard InChI is InChI=1S/C20H19N5O3/c1-14-19(22-17-8-4-3-7-16(17)21-14)23-10-12-24(13-11-23)20(26)15-6-2-5-9-18(15)25(27)28/h2-9H,10-13H2,1H3. The Labute approximate surface area is 161 Å². The number of carbonyl (C=O) groups excluding carboxylic acids is 1. The fourth-order valence-corrected chi connectivity index (χ4v) is 3.48. The second-order valence-electron chi connectivity index (χ2n) is 6.67. The highest BCUT2D eigenvalue weighted by molar-refractivity contribution is 5.98. The van der Waals surface area contributed by atoms with E-state index in [9.17, 15) is 14.9 Å². The average molecular weight is 377 g/mol. The van der Waals surface area contributed by atoms with E-state index < -0.39 is 4.92 Å². The Kier molecular flexibility index (Phi) is 4.60. The van der Waals surface area contributed by atoms with Gasteiger partial charge in [0.1, 0.15) is 5.56 Å². The summed E-state index contributed by atoms with van der Waals surface area (Å²) in [5.41, 5.74) is 2.50. The van der Waals surface area contributed by atoms with Crippen LogP contribution < -0.4 is 4.90 Å². The molecule has 0 bridgehead atoms. The number of carbonyl (C=O) groups is 1. The van der Waals surface area contributed by atoms with Crippen LogP contribution in [-0.4, -0.2) is 51.9 Å². The number of aromatic nitrogens is 2. The van der Waals surface area contributed by atoms with Crippen LogP contribution >= 0.6 is 0 Å². The molecule has 8 heteroatoms. The van der Waals surface area contributed by atoms with Crippen molar-refractivity contribution >= 4 is 28.4 Å². The highest BCUT2D eigenvalue weighted by Gasteiger charge is 2.28. The summed E-state index contributed by atoms with van der Waals surface area (Å²) in [6.45, 7) is 4.07. The quantitative estimate of drug-likeness (QED) is 0.515. The van der Waals surface area contributed by atoms with E-state index >= 15 is 0 Å². The van der Waals surface area contributed by atoms with Crippen molar-refractivity contribution in [1.82, 2.24) is 14.9 Å². The number of benzene rings is 2. The Morgan fingerprint density at radius 1 is 0.964 bits per heavy atom. The van der Waals surface area contributed by atoms with Gasteiger partial charge in [-0.05, 0) is 25.1 Å². The summed E-state index contributed by atoms with van der Waals surface area (Å²) in [5, 5.41) is 11.2. The third kappa shape index (κ3) is 3.24. The molecule has 1 aromatic heterocycles. The van der Waals surface area contributed by atoms with Gasteiger partial charge in [0.15, 0.2) is 5.82 Å². The van der Waals surface area contributed by atoms with E-state index in [0.717, 1.165) is 22.5 Å². The van der Waals surface area contributed by atoms with Crippen molar-refractivity contribution in [3.63, 3.8) is 0 Å². The van der Waals surface area contributed by atoms with Crippen molar-refractivity contribution in [3.8, 4) is 0 Å². The average Bonchev–Trinajstić information content (AvgIpc) is 2.73. The van der Waals surface area contributed by atoms with Gasteiger partial charge in [0.05, 0.1) is 21.7 Å². The first-order valence-corrected chi connectivity index (χ1v) is 9.05. The maximum Gasteiger partial charge on any atom is 0.282 e. The predicted octanol–water partition coefficient (Wildman–Crippen LogP) is 2.81. The van der Waals surface area contributed by atoms with Crippen molar-refractivity contribution in [3.05, 3.63) is 69.9 Å². The van der Waals surface area contributed by atoms with Crippen molar-refractivity contribution in [1.29, 1.82) is 0 Å². The van der Waals surface area contributed by atoms with Crippen LogP contribution in [0.4, 0.5) is 11.5 Å².